The van der Waals surface area contributed by atoms with E-state index in [2.05, 4.69) is 20.0 Å². The van der Waals surface area contributed by atoms with Gasteiger partial charge in [0.25, 0.3) is 5.56 Å². The fraction of sp³-hybridized carbons (Fsp3) is 0.529. The van der Waals surface area contributed by atoms with E-state index >= 15 is 0 Å². The average Bonchev–Trinajstić information content (AvgIpc) is 3.04. The molecular weight excluding hydrogens is 322 g/mol. The summed E-state index contributed by atoms with van der Waals surface area (Å²) in [6.07, 6.45) is 4.93. The molecule has 4 rings (SSSR count). The Kier molecular flexibility index (Phi) is 4.26. The maximum atomic E-state index is 12.4. The zero-order chi connectivity index (χ0) is 16.5. The van der Waals surface area contributed by atoms with Crippen LogP contribution < -0.4 is 10.5 Å². The molecule has 1 unspecified atom stereocenters. The number of hydrogen-bond acceptors (Lipinski definition) is 6. The molecule has 1 saturated heterocycles. The minimum absolute atomic E-state index is 0.0157. The first-order valence-electron chi connectivity index (χ1n) is 8.44. The Morgan fingerprint density at radius 3 is 3.21 bits per heavy atom. The first-order valence-corrected chi connectivity index (χ1v) is 9.60. The number of aryl methyl sites for hydroxylation is 2. The van der Waals surface area contributed by atoms with Crippen molar-refractivity contribution in [1.29, 1.82) is 0 Å². The van der Waals surface area contributed by atoms with E-state index in [9.17, 15) is 4.79 Å². The summed E-state index contributed by atoms with van der Waals surface area (Å²) in [6.45, 7) is 3.50. The number of rotatable bonds is 3. The SMILES string of the molecule is Cc1nccc(N2CCCC2Cn2nc3c(cc2=O)CSCC3)n1. The third-order valence-corrected chi connectivity index (χ3v) is 5.73. The summed E-state index contributed by atoms with van der Waals surface area (Å²) in [6, 6.07) is 3.99. The van der Waals surface area contributed by atoms with Crippen LogP contribution in [0.1, 0.15) is 29.9 Å². The standard InChI is InChI=1S/C17H21N5OS/c1-12-18-6-4-16(19-12)21-7-2-3-14(21)10-22-17(23)9-13-11-24-8-5-15(13)20-22/h4,6,9,14H,2-3,5,7-8,10-11H2,1H3. The van der Waals surface area contributed by atoms with Crippen molar-refractivity contribution in [3.8, 4) is 0 Å². The predicted molar refractivity (Wildman–Crippen MR) is 95.5 cm³/mol. The lowest BCUT2D eigenvalue weighted by atomic mass is 10.2. The molecule has 0 spiro atoms. The van der Waals surface area contributed by atoms with Gasteiger partial charge in [-0.3, -0.25) is 4.79 Å². The van der Waals surface area contributed by atoms with E-state index in [0.29, 0.717) is 6.54 Å². The maximum absolute atomic E-state index is 12.4. The molecular formula is C17H21N5OS. The van der Waals surface area contributed by atoms with Crippen LogP contribution in [0.4, 0.5) is 5.82 Å². The van der Waals surface area contributed by atoms with E-state index < -0.39 is 0 Å². The van der Waals surface area contributed by atoms with Crippen molar-refractivity contribution in [2.24, 2.45) is 0 Å². The van der Waals surface area contributed by atoms with Gasteiger partial charge in [-0.1, -0.05) is 0 Å². The van der Waals surface area contributed by atoms with Crippen LogP contribution in [0.25, 0.3) is 0 Å². The van der Waals surface area contributed by atoms with Gasteiger partial charge in [0.2, 0.25) is 0 Å². The summed E-state index contributed by atoms with van der Waals surface area (Å²) in [7, 11) is 0. The largest absolute Gasteiger partial charge is 0.352 e. The zero-order valence-corrected chi connectivity index (χ0v) is 14.6. The van der Waals surface area contributed by atoms with E-state index in [4.69, 9.17) is 0 Å². The van der Waals surface area contributed by atoms with Crippen LogP contribution in [0.5, 0.6) is 0 Å². The second-order valence-electron chi connectivity index (χ2n) is 6.39. The van der Waals surface area contributed by atoms with Crippen molar-refractivity contribution in [1.82, 2.24) is 19.7 Å². The lowest BCUT2D eigenvalue weighted by molar-refractivity contribution is 0.479. The minimum atomic E-state index is 0.0157. The molecule has 0 aliphatic carbocycles. The van der Waals surface area contributed by atoms with E-state index in [1.807, 2.05) is 24.8 Å². The van der Waals surface area contributed by atoms with Crippen LogP contribution in [0.3, 0.4) is 0 Å². The number of fused-ring (bicyclic) bond motifs is 1. The lowest BCUT2D eigenvalue weighted by Crippen LogP contribution is -2.38. The molecule has 0 bridgehead atoms. The molecule has 2 aliphatic rings. The van der Waals surface area contributed by atoms with Gasteiger partial charge in [0, 0.05) is 31.0 Å². The monoisotopic (exact) mass is 343 g/mol. The molecule has 0 aromatic carbocycles. The first kappa shape index (κ1) is 15.6. The molecule has 126 valence electrons. The first-order chi connectivity index (χ1) is 11.7. The number of aromatic nitrogens is 4. The Labute approximate surface area is 145 Å². The van der Waals surface area contributed by atoms with Crippen molar-refractivity contribution >= 4 is 17.6 Å². The van der Waals surface area contributed by atoms with Gasteiger partial charge in [0.05, 0.1) is 18.3 Å². The number of thioether (sulfide) groups is 1. The number of anilines is 1. The molecule has 0 radical (unpaired) electrons. The van der Waals surface area contributed by atoms with Gasteiger partial charge in [0.15, 0.2) is 0 Å². The van der Waals surface area contributed by atoms with Gasteiger partial charge in [-0.2, -0.15) is 16.9 Å². The van der Waals surface area contributed by atoms with Crippen LogP contribution in [-0.2, 0) is 18.7 Å². The van der Waals surface area contributed by atoms with Crippen LogP contribution in [0.2, 0.25) is 0 Å². The summed E-state index contributed by atoms with van der Waals surface area (Å²) in [5.74, 6) is 3.73. The number of hydrogen-bond donors (Lipinski definition) is 0. The smallest absolute Gasteiger partial charge is 0.267 e. The van der Waals surface area contributed by atoms with E-state index in [1.165, 1.54) is 0 Å². The Hall–Kier alpha value is -1.89. The summed E-state index contributed by atoms with van der Waals surface area (Å²) in [5.41, 5.74) is 2.22. The zero-order valence-electron chi connectivity index (χ0n) is 13.8. The highest BCUT2D eigenvalue weighted by molar-refractivity contribution is 7.98. The summed E-state index contributed by atoms with van der Waals surface area (Å²) in [5, 5.41) is 4.65. The Balaban J connectivity index is 1.59. The second-order valence-corrected chi connectivity index (χ2v) is 7.50. The Morgan fingerprint density at radius 2 is 2.33 bits per heavy atom. The fourth-order valence-corrected chi connectivity index (χ4v) is 4.47. The van der Waals surface area contributed by atoms with E-state index in [1.54, 1.807) is 16.9 Å². The Morgan fingerprint density at radius 1 is 1.42 bits per heavy atom. The van der Waals surface area contributed by atoms with Gasteiger partial charge < -0.3 is 4.90 Å². The minimum Gasteiger partial charge on any atom is -0.352 e. The van der Waals surface area contributed by atoms with Crippen LogP contribution in [0, 0.1) is 6.92 Å². The van der Waals surface area contributed by atoms with Crippen molar-refractivity contribution in [2.45, 2.75) is 44.5 Å². The Bertz CT molecular complexity index is 806. The molecule has 1 atom stereocenters. The van der Waals surface area contributed by atoms with Gasteiger partial charge in [-0.25, -0.2) is 14.6 Å². The molecule has 4 heterocycles. The molecule has 2 aliphatic heterocycles. The quantitative estimate of drug-likeness (QED) is 0.847. The summed E-state index contributed by atoms with van der Waals surface area (Å²) < 4.78 is 1.66. The third kappa shape index (κ3) is 3.05. The van der Waals surface area contributed by atoms with Crippen LogP contribution >= 0.6 is 11.8 Å². The van der Waals surface area contributed by atoms with Crippen LogP contribution in [0.15, 0.2) is 23.1 Å². The van der Waals surface area contributed by atoms with E-state index in [-0.39, 0.29) is 11.6 Å². The highest BCUT2D eigenvalue weighted by Gasteiger charge is 2.27. The van der Waals surface area contributed by atoms with Gasteiger partial charge in [-0.15, -0.1) is 0 Å². The highest BCUT2D eigenvalue weighted by atomic mass is 32.2. The predicted octanol–water partition coefficient (Wildman–Crippen LogP) is 1.80. The fourth-order valence-electron chi connectivity index (χ4n) is 3.51. The summed E-state index contributed by atoms with van der Waals surface area (Å²) >= 11 is 1.87. The van der Waals surface area contributed by atoms with Crippen molar-refractivity contribution < 1.29 is 0 Å². The highest BCUT2D eigenvalue weighted by Crippen LogP contribution is 2.25. The van der Waals surface area contributed by atoms with Crippen molar-refractivity contribution in [2.75, 3.05) is 17.2 Å². The normalized spacial score (nSPS) is 20.2. The molecule has 2 aromatic heterocycles. The topological polar surface area (TPSA) is 63.9 Å². The third-order valence-electron chi connectivity index (χ3n) is 4.72. The molecule has 0 amide bonds. The van der Waals surface area contributed by atoms with Gasteiger partial charge in [0.1, 0.15) is 11.6 Å². The van der Waals surface area contributed by atoms with Crippen molar-refractivity contribution in [3.05, 3.63) is 45.8 Å². The molecule has 0 saturated carbocycles. The average molecular weight is 343 g/mol. The van der Waals surface area contributed by atoms with Crippen LogP contribution in [-0.4, -0.2) is 38.1 Å². The molecule has 7 heteroatoms. The van der Waals surface area contributed by atoms with E-state index in [0.717, 1.165) is 60.2 Å². The molecule has 2 aromatic rings. The van der Waals surface area contributed by atoms with Crippen molar-refractivity contribution in [3.63, 3.8) is 0 Å². The molecule has 1 fully saturated rings. The molecule has 24 heavy (non-hydrogen) atoms. The summed E-state index contributed by atoms with van der Waals surface area (Å²) in [4.78, 5) is 23.4. The maximum Gasteiger partial charge on any atom is 0.267 e. The molecule has 0 N–H and O–H groups in total. The molecule has 6 nitrogen and oxygen atoms in total. The second kappa shape index (κ2) is 6.55. The lowest BCUT2D eigenvalue weighted by Gasteiger charge is -2.26. The van der Waals surface area contributed by atoms with Gasteiger partial charge in [-0.05, 0) is 37.1 Å². The van der Waals surface area contributed by atoms with Gasteiger partial charge >= 0.3 is 0 Å². The number of nitrogens with zero attached hydrogens (tertiary/aromatic N) is 5.